The van der Waals surface area contributed by atoms with Crippen molar-refractivity contribution in [2.45, 2.75) is 40.5 Å². The third kappa shape index (κ3) is 5.02. The van der Waals surface area contributed by atoms with E-state index in [9.17, 15) is 13.2 Å². The van der Waals surface area contributed by atoms with Crippen molar-refractivity contribution >= 4 is 5.82 Å². The van der Waals surface area contributed by atoms with Crippen molar-refractivity contribution in [3.63, 3.8) is 0 Å². The molecule has 1 heterocycles. The molecule has 0 aliphatic carbocycles. The molecular weight excluding hydrogens is 265 g/mol. The maximum Gasteiger partial charge on any atom is 0.251 e. The van der Waals surface area contributed by atoms with Crippen molar-refractivity contribution in [2.75, 3.05) is 18.0 Å². The topological polar surface area (TPSA) is 16.1 Å². The molecule has 0 radical (unpaired) electrons. The standard InChI is InChI=1S/C15H23F3N2/c1-10(2)5-7-20(8-6-11(3)4)15-13(17)9-12(16)14(18)19-15/h9-11H,5-8H2,1-4H3. The van der Waals surface area contributed by atoms with Crippen LogP contribution in [0.25, 0.3) is 0 Å². The van der Waals surface area contributed by atoms with Gasteiger partial charge in [-0.15, -0.1) is 0 Å². The molecule has 1 aromatic heterocycles. The van der Waals surface area contributed by atoms with Crippen LogP contribution in [-0.2, 0) is 0 Å². The fourth-order valence-corrected chi connectivity index (χ4v) is 1.81. The summed E-state index contributed by atoms with van der Waals surface area (Å²) in [6.07, 6.45) is 1.69. The summed E-state index contributed by atoms with van der Waals surface area (Å²) >= 11 is 0. The molecule has 0 spiro atoms. The van der Waals surface area contributed by atoms with Gasteiger partial charge in [-0.2, -0.15) is 9.37 Å². The number of hydrogen-bond acceptors (Lipinski definition) is 2. The Kier molecular flexibility index (Phi) is 6.30. The maximum atomic E-state index is 13.8. The molecule has 0 aliphatic heterocycles. The Balaban J connectivity index is 2.93. The van der Waals surface area contributed by atoms with Crippen LogP contribution >= 0.6 is 0 Å². The van der Waals surface area contributed by atoms with Crippen molar-refractivity contribution < 1.29 is 13.2 Å². The minimum atomic E-state index is -1.25. The van der Waals surface area contributed by atoms with E-state index in [2.05, 4.69) is 32.7 Å². The molecular formula is C15H23F3N2. The molecule has 1 rings (SSSR count). The van der Waals surface area contributed by atoms with E-state index in [0.717, 1.165) is 12.8 Å². The van der Waals surface area contributed by atoms with E-state index in [4.69, 9.17) is 0 Å². The molecule has 0 saturated carbocycles. The van der Waals surface area contributed by atoms with Crippen molar-refractivity contribution in [1.82, 2.24) is 4.98 Å². The fraction of sp³-hybridized carbons (Fsp3) is 0.667. The van der Waals surface area contributed by atoms with Crippen LogP contribution in [0.1, 0.15) is 40.5 Å². The highest BCUT2D eigenvalue weighted by molar-refractivity contribution is 5.40. The fourth-order valence-electron chi connectivity index (χ4n) is 1.81. The van der Waals surface area contributed by atoms with E-state index in [1.807, 2.05) is 0 Å². The lowest BCUT2D eigenvalue weighted by Crippen LogP contribution is -2.29. The molecule has 20 heavy (non-hydrogen) atoms. The van der Waals surface area contributed by atoms with Gasteiger partial charge in [0.1, 0.15) is 0 Å². The molecule has 0 fully saturated rings. The smallest absolute Gasteiger partial charge is 0.251 e. The number of pyridine rings is 1. The first-order chi connectivity index (χ1) is 9.31. The molecule has 0 bridgehead atoms. The summed E-state index contributed by atoms with van der Waals surface area (Å²) in [6.45, 7) is 9.43. The third-order valence-corrected chi connectivity index (χ3v) is 3.12. The summed E-state index contributed by atoms with van der Waals surface area (Å²) in [5, 5.41) is 0. The van der Waals surface area contributed by atoms with Gasteiger partial charge in [0.2, 0.25) is 0 Å². The van der Waals surface area contributed by atoms with Gasteiger partial charge in [0.25, 0.3) is 5.95 Å². The molecule has 0 N–H and O–H groups in total. The first kappa shape index (κ1) is 16.8. The lowest BCUT2D eigenvalue weighted by atomic mass is 10.1. The van der Waals surface area contributed by atoms with Gasteiger partial charge in [0.15, 0.2) is 17.5 Å². The Bertz CT molecular complexity index is 421. The van der Waals surface area contributed by atoms with Gasteiger partial charge in [-0.3, -0.25) is 0 Å². The van der Waals surface area contributed by atoms with Crippen LogP contribution < -0.4 is 4.90 Å². The molecule has 0 amide bonds. The van der Waals surface area contributed by atoms with Gasteiger partial charge in [0, 0.05) is 19.2 Å². The minimum Gasteiger partial charge on any atom is -0.354 e. The Morgan fingerprint density at radius 2 is 1.45 bits per heavy atom. The maximum absolute atomic E-state index is 13.8. The van der Waals surface area contributed by atoms with Crippen molar-refractivity contribution in [2.24, 2.45) is 11.8 Å². The van der Waals surface area contributed by atoms with Crippen LogP contribution in [-0.4, -0.2) is 18.1 Å². The molecule has 1 aromatic rings. The predicted molar refractivity (Wildman–Crippen MR) is 75.2 cm³/mol. The molecule has 5 heteroatoms. The van der Waals surface area contributed by atoms with Crippen LogP contribution in [0.3, 0.4) is 0 Å². The zero-order chi connectivity index (χ0) is 15.3. The largest absolute Gasteiger partial charge is 0.354 e. The van der Waals surface area contributed by atoms with E-state index in [0.29, 0.717) is 31.0 Å². The number of anilines is 1. The summed E-state index contributed by atoms with van der Waals surface area (Å²) in [4.78, 5) is 5.14. The van der Waals surface area contributed by atoms with Gasteiger partial charge < -0.3 is 4.90 Å². The number of halogens is 3. The highest BCUT2D eigenvalue weighted by atomic mass is 19.2. The lowest BCUT2D eigenvalue weighted by Gasteiger charge is -2.25. The minimum absolute atomic E-state index is 0.0924. The van der Waals surface area contributed by atoms with Gasteiger partial charge in [-0.05, 0) is 24.7 Å². The second-order valence-corrected chi connectivity index (χ2v) is 5.92. The van der Waals surface area contributed by atoms with E-state index in [1.54, 1.807) is 4.90 Å². The zero-order valence-corrected chi connectivity index (χ0v) is 12.6. The Hall–Kier alpha value is -1.26. The van der Waals surface area contributed by atoms with E-state index in [-0.39, 0.29) is 5.82 Å². The van der Waals surface area contributed by atoms with Crippen LogP contribution in [0.2, 0.25) is 0 Å². The second-order valence-electron chi connectivity index (χ2n) is 5.92. The van der Waals surface area contributed by atoms with Gasteiger partial charge in [-0.1, -0.05) is 27.7 Å². The highest BCUT2D eigenvalue weighted by Gasteiger charge is 2.18. The zero-order valence-electron chi connectivity index (χ0n) is 12.6. The Labute approximate surface area is 119 Å². The first-order valence-electron chi connectivity index (χ1n) is 7.07. The average molecular weight is 288 g/mol. The summed E-state index contributed by atoms with van der Waals surface area (Å²) in [7, 11) is 0. The van der Waals surface area contributed by atoms with Crippen LogP contribution in [0, 0.1) is 29.4 Å². The second kappa shape index (κ2) is 7.50. The summed E-state index contributed by atoms with van der Waals surface area (Å²) in [5.41, 5.74) is 0. The lowest BCUT2D eigenvalue weighted by molar-refractivity contribution is 0.458. The van der Waals surface area contributed by atoms with Crippen LogP contribution in [0.5, 0.6) is 0 Å². The summed E-state index contributed by atoms with van der Waals surface area (Å²) < 4.78 is 40.0. The number of rotatable bonds is 7. The normalized spacial score (nSPS) is 11.4. The molecule has 0 aromatic carbocycles. The van der Waals surface area contributed by atoms with Crippen molar-refractivity contribution in [3.05, 3.63) is 23.6 Å². The number of hydrogen-bond donors (Lipinski definition) is 0. The summed E-state index contributed by atoms with van der Waals surface area (Å²) in [6, 6.07) is 0.565. The van der Waals surface area contributed by atoms with Gasteiger partial charge >= 0.3 is 0 Å². The van der Waals surface area contributed by atoms with Gasteiger partial charge in [0.05, 0.1) is 0 Å². The Morgan fingerprint density at radius 3 is 1.90 bits per heavy atom. The predicted octanol–water partition coefficient (Wildman–Crippen LogP) is 4.40. The number of aromatic nitrogens is 1. The SMILES string of the molecule is CC(C)CCN(CCC(C)C)c1nc(F)c(F)cc1F. The third-order valence-electron chi connectivity index (χ3n) is 3.12. The van der Waals surface area contributed by atoms with E-state index < -0.39 is 17.6 Å². The van der Waals surface area contributed by atoms with E-state index in [1.165, 1.54) is 0 Å². The molecule has 0 saturated heterocycles. The molecule has 114 valence electrons. The monoisotopic (exact) mass is 288 g/mol. The van der Waals surface area contributed by atoms with Crippen molar-refractivity contribution in [3.8, 4) is 0 Å². The quantitative estimate of drug-likeness (QED) is 0.691. The first-order valence-corrected chi connectivity index (χ1v) is 7.07. The van der Waals surface area contributed by atoms with Crippen LogP contribution in [0.4, 0.5) is 19.0 Å². The van der Waals surface area contributed by atoms with Gasteiger partial charge in [-0.25, -0.2) is 8.78 Å². The number of nitrogens with zero attached hydrogens (tertiary/aromatic N) is 2. The van der Waals surface area contributed by atoms with Crippen LogP contribution in [0.15, 0.2) is 6.07 Å². The summed E-state index contributed by atoms with van der Waals surface area (Å²) in [5.74, 6) is -2.50. The molecule has 0 unspecified atom stereocenters. The Morgan fingerprint density at radius 1 is 0.950 bits per heavy atom. The van der Waals surface area contributed by atoms with Crippen molar-refractivity contribution in [1.29, 1.82) is 0 Å². The molecule has 0 aliphatic rings. The molecule has 2 nitrogen and oxygen atoms in total. The molecule has 0 atom stereocenters. The average Bonchev–Trinajstić information content (AvgIpc) is 2.34. The van der Waals surface area contributed by atoms with E-state index >= 15 is 0 Å². The highest BCUT2D eigenvalue weighted by Crippen LogP contribution is 2.21.